The molecule has 11 aromatic heterocycles. The zero-order valence-corrected chi connectivity index (χ0v) is 73.9. The van der Waals surface area contributed by atoms with E-state index >= 15 is 0 Å². The summed E-state index contributed by atoms with van der Waals surface area (Å²) in [7, 11) is 0. The Morgan fingerprint density at radius 3 is 0.968 bits per heavy atom. The Labute approximate surface area is 754 Å². The van der Waals surface area contributed by atoms with Crippen molar-refractivity contribution in [1.29, 1.82) is 0 Å². The van der Waals surface area contributed by atoms with E-state index in [0.717, 1.165) is 117 Å². The zero-order valence-electron chi connectivity index (χ0n) is 66.0. The van der Waals surface area contributed by atoms with Crippen molar-refractivity contribution in [2.45, 2.75) is 0 Å². The van der Waals surface area contributed by atoms with Crippen LogP contribution in [0.2, 0.25) is 0 Å². The first-order valence-electron chi connectivity index (χ1n) is 40.1. The van der Waals surface area contributed by atoms with Crippen molar-refractivity contribution in [2.75, 3.05) is 0 Å². The molecule has 24 aromatic rings. The summed E-state index contributed by atoms with van der Waals surface area (Å²) in [5.74, 6) is 1.78. The number of rotatable bonds is 9. The number of aromatic nitrogens is 13. The average Bonchev–Trinajstić information content (AvgIpc) is 1.62. The van der Waals surface area contributed by atoms with E-state index in [9.17, 15) is 0 Å². The van der Waals surface area contributed by atoms with Crippen LogP contribution in [0.1, 0.15) is 0 Å². The van der Waals surface area contributed by atoms with Crippen LogP contribution in [-0.4, -0.2) is 62.7 Å². The van der Waals surface area contributed by atoms with Gasteiger partial charge in [-0.3, -0.25) is 23.3 Å². The highest BCUT2D eigenvalue weighted by Crippen LogP contribution is 2.40. The van der Waals surface area contributed by atoms with Gasteiger partial charge in [-0.15, -0.1) is 0 Å². The predicted molar refractivity (Wildman–Crippen MR) is 527 cm³/mol. The molecule has 0 atom stereocenters. The highest BCUT2D eigenvalue weighted by Gasteiger charge is 2.22. The van der Waals surface area contributed by atoms with Crippen molar-refractivity contribution in [3.05, 3.63) is 436 Å². The van der Waals surface area contributed by atoms with Gasteiger partial charge in [0.05, 0.1) is 38.6 Å². The second kappa shape index (κ2) is 34.9. The van der Waals surface area contributed by atoms with Crippen molar-refractivity contribution in [3.63, 3.8) is 0 Å². The van der Waals surface area contributed by atoms with Crippen LogP contribution in [0.3, 0.4) is 0 Å². The lowest BCUT2D eigenvalue weighted by Crippen LogP contribution is -2.06. The molecule has 24 rings (SSSR count). The molecule has 0 aliphatic carbocycles. The van der Waals surface area contributed by atoms with Crippen LogP contribution in [-0.2, 0) is 0 Å². The molecule has 13 aromatic carbocycles. The fourth-order valence-electron chi connectivity index (χ4n) is 16.3. The van der Waals surface area contributed by atoms with Crippen LogP contribution in [0.25, 0.3) is 183 Å². The molecule has 0 saturated heterocycles. The summed E-state index contributed by atoms with van der Waals surface area (Å²) in [6, 6.07) is 131. The fraction of sp³-hybridized carbons (Fsp3) is 0. The largest absolute Gasteiger partial charge is 0.307 e. The van der Waals surface area contributed by atoms with E-state index in [4.69, 9.17) is 15.0 Å². The highest BCUT2D eigenvalue weighted by atomic mass is 79.9. The second-order valence-corrected chi connectivity index (χ2v) is 33.9. The minimum Gasteiger partial charge on any atom is -0.307 e. The molecule has 0 fully saturated rings. The highest BCUT2D eigenvalue weighted by molar-refractivity contribution is 9.11. The summed E-state index contributed by atoms with van der Waals surface area (Å²) >= 11 is 18.1. The van der Waals surface area contributed by atoms with Crippen molar-refractivity contribution < 1.29 is 0 Å². The van der Waals surface area contributed by atoms with Crippen molar-refractivity contribution in [2.24, 2.45) is 0 Å². The zero-order chi connectivity index (χ0) is 83.6. The molecule has 0 unspecified atom stereocenters. The van der Waals surface area contributed by atoms with Gasteiger partial charge in [0.1, 0.15) is 22.6 Å². The van der Waals surface area contributed by atoms with E-state index in [1.54, 1.807) is 6.20 Å². The van der Waals surface area contributed by atoms with Gasteiger partial charge >= 0.3 is 0 Å². The van der Waals surface area contributed by atoms with Crippen LogP contribution in [0.4, 0.5) is 0 Å². The number of para-hydroxylation sites is 3. The standard InChI is InChI=1S/C26H16BrN5.2C23H15BrN2.2C17H11BrN2/c27-19-13-14-20-21-12-7-15-28-25(21)32(22(20)16-19)26-30-23(17-8-3-1-4-9-17)29-24(31-26)18-10-5-2-6-11-18;24-18-11-12-20-21-10-5-13-25-23(21)26(22(20)15-18)19-9-4-8-17(14-19)16-6-2-1-3-7-16;24-18-10-13-20-21-7-4-14-25-23(21)26(22(20)15-18)19-11-8-17(9-12-19)16-5-2-1-3-6-16;18-14-10-11-19-16-13-8-4-5-9-15(13)20(17(14)16)12-6-2-1-3-7-12;18-12-8-9-14-15-7-4-10-19-17(15)20(16(14)11-12)13-5-2-1-3-6-13/h1-16H;2*1-15H;2*1-11H. The minimum atomic E-state index is 0.537. The lowest BCUT2D eigenvalue weighted by Gasteiger charge is -2.10. The van der Waals surface area contributed by atoms with Crippen molar-refractivity contribution in [3.8, 4) is 73.7 Å². The van der Waals surface area contributed by atoms with Crippen LogP contribution < -0.4 is 0 Å². The summed E-state index contributed by atoms with van der Waals surface area (Å²) in [5.41, 5.74) is 22.7. The molecular formula is C106H68Br5N13. The van der Waals surface area contributed by atoms with E-state index in [2.05, 4.69) is 372 Å². The summed E-state index contributed by atoms with van der Waals surface area (Å²) < 4.78 is 16.2. The molecular weight excluding hydrogens is 1850 g/mol. The van der Waals surface area contributed by atoms with Gasteiger partial charge in [0.2, 0.25) is 5.95 Å². The maximum absolute atomic E-state index is 4.89. The lowest BCUT2D eigenvalue weighted by atomic mass is 10.1. The number of benzene rings is 13. The van der Waals surface area contributed by atoms with E-state index < -0.39 is 0 Å². The topological polar surface area (TPSA) is 128 Å². The summed E-state index contributed by atoms with van der Waals surface area (Å²) in [5, 5.41) is 10.5. The summed E-state index contributed by atoms with van der Waals surface area (Å²) in [4.78, 5) is 37.7. The number of fused-ring (bicyclic) bond motifs is 15. The first-order valence-corrected chi connectivity index (χ1v) is 44.1. The first kappa shape index (κ1) is 78.6. The molecule has 0 aliphatic heterocycles. The third-order valence-electron chi connectivity index (χ3n) is 21.8. The molecule has 592 valence electrons. The molecule has 0 aliphatic rings. The van der Waals surface area contributed by atoms with E-state index in [-0.39, 0.29) is 0 Å². The Morgan fingerprint density at radius 2 is 0.524 bits per heavy atom. The van der Waals surface area contributed by atoms with Crippen LogP contribution >= 0.6 is 79.6 Å². The third-order valence-corrected chi connectivity index (χ3v) is 24.4. The van der Waals surface area contributed by atoms with Crippen molar-refractivity contribution in [1.82, 2.24) is 62.7 Å². The Hall–Kier alpha value is -14.0. The van der Waals surface area contributed by atoms with Gasteiger partial charge < -0.3 is 4.57 Å². The number of nitrogens with zero attached hydrogens (tertiary/aromatic N) is 13. The van der Waals surface area contributed by atoms with Gasteiger partial charge in [-0.05, 0) is 196 Å². The molecule has 0 amide bonds. The Bertz CT molecular complexity index is 7990. The van der Waals surface area contributed by atoms with Gasteiger partial charge in [0.25, 0.3) is 0 Å². The molecule has 124 heavy (non-hydrogen) atoms. The molecule has 0 bridgehead atoms. The smallest absolute Gasteiger partial charge is 0.240 e. The maximum atomic E-state index is 4.89. The maximum Gasteiger partial charge on any atom is 0.240 e. The minimum absolute atomic E-state index is 0.537. The predicted octanol–water partition coefficient (Wildman–Crippen LogP) is 29.6. The number of hydrogen-bond donors (Lipinski definition) is 0. The third kappa shape index (κ3) is 15.4. The van der Waals surface area contributed by atoms with E-state index in [0.29, 0.717) is 17.6 Å². The molecule has 0 radical (unpaired) electrons. The Balaban J connectivity index is 0.0000000992. The molecule has 0 saturated carbocycles. The van der Waals surface area contributed by atoms with Gasteiger partial charge in [-0.2, -0.15) is 9.97 Å². The Morgan fingerprint density at radius 1 is 0.194 bits per heavy atom. The second-order valence-electron chi connectivity index (χ2n) is 29.3. The van der Waals surface area contributed by atoms with Gasteiger partial charge in [-0.1, -0.05) is 288 Å². The van der Waals surface area contributed by atoms with E-state index in [1.807, 2.05) is 163 Å². The average molecular weight is 1920 g/mol. The van der Waals surface area contributed by atoms with Gasteiger partial charge in [-0.25, -0.2) is 24.9 Å². The number of pyridine rings is 5. The number of hydrogen-bond acceptors (Lipinski definition) is 8. The Kier molecular flexibility index (Phi) is 22.1. The number of halogens is 5. The van der Waals surface area contributed by atoms with Crippen LogP contribution in [0.5, 0.6) is 0 Å². The first-order chi connectivity index (χ1) is 61.1. The van der Waals surface area contributed by atoms with Gasteiger partial charge in [0, 0.05) is 136 Å². The monoisotopic (exact) mass is 1920 g/mol. The molecule has 0 spiro atoms. The summed E-state index contributed by atoms with van der Waals surface area (Å²) in [6.45, 7) is 0. The normalized spacial score (nSPS) is 11.3. The molecule has 11 heterocycles. The van der Waals surface area contributed by atoms with Crippen LogP contribution in [0, 0.1) is 0 Å². The lowest BCUT2D eigenvalue weighted by molar-refractivity contribution is 0.944. The fourth-order valence-corrected chi connectivity index (χ4v) is 18.2. The van der Waals surface area contributed by atoms with Gasteiger partial charge in [0.15, 0.2) is 11.6 Å². The summed E-state index contributed by atoms with van der Waals surface area (Å²) in [6.07, 6.45) is 9.19. The molecule has 18 heteroatoms. The van der Waals surface area contributed by atoms with E-state index in [1.165, 1.54) is 71.0 Å². The molecule has 13 nitrogen and oxygen atoms in total. The SMILES string of the molecule is Brc1ccc2c3cccnc3n(-c3ccc(-c4ccccc4)cc3)c2c1.Brc1ccc2c3cccnc3n(-c3cccc(-c4ccccc4)c3)c2c1.Brc1ccc2c3cccnc3n(-c3ccccc3)c2c1.Brc1ccc2c3cccnc3n(-c3nc(-c4ccccc4)nc(-c4ccccc4)n3)c2c1.Brc1ccnc2c3ccccc3n(-c3ccccc3)c12. The molecule has 0 N–H and O–H groups in total. The van der Waals surface area contributed by atoms with Crippen molar-refractivity contribution >= 4 is 189 Å². The quantitative estimate of drug-likeness (QED) is 0.140. The van der Waals surface area contributed by atoms with Crippen LogP contribution in [0.15, 0.2) is 436 Å².